The lowest BCUT2D eigenvalue weighted by Crippen LogP contribution is -2.40. The SMILES string of the molecule is COC(C)C(C)(O)C1=CCCCCCC1. The molecule has 1 aliphatic carbocycles. The second-order valence-corrected chi connectivity index (χ2v) is 4.71. The Morgan fingerprint density at radius 1 is 1.33 bits per heavy atom. The van der Waals surface area contributed by atoms with Gasteiger partial charge in [-0.25, -0.2) is 0 Å². The van der Waals surface area contributed by atoms with E-state index in [1.54, 1.807) is 7.11 Å². The predicted molar refractivity (Wildman–Crippen MR) is 62.9 cm³/mol. The van der Waals surface area contributed by atoms with Crippen LogP contribution in [0.2, 0.25) is 0 Å². The highest BCUT2D eigenvalue weighted by atomic mass is 16.5. The van der Waals surface area contributed by atoms with Crippen LogP contribution in [0.5, 0.6) is 0 Å². The lowest BCUT2D eigenvalue weighted by Gasteiger charge is -2.33. The van der Waals surface area contributed by atoms with Gasteiger partial charge in [0.1, 0.15) is 5.60 Å². The van der Waals surface area contributed by atoms with Gasteiger partial charge >= 0.3 is 0 Å². The van der Waals surface area contributed by atoms with Crippen LogP contribution in [0.1, 0.15) is 52.4 Å². The summed E-state index contributed by atoms with van der Waals surface area (Å²) in [6, 6.07) is 0. The van der Waals surface area contributed by atoms with Crippen molar-refractivity contribution in [3.8, 4) is 0 Å². The Morgan fingerprint density at radius 2 is 2.00 bits per heavy atom. The minimum atomic E-state index is -0.800. The van der Waals surface area contributed by atoms with E-state index in [-0.39, 0.29) is 6.10 Å². The van der Waals surface area contributed by atoms with Gasteiger partial charge in [-0.05, 0) is 45.1 Å². The van der Waals surface area contributed by atoms with E-state index in [0.717, 1.165) is 18.4 Å². The maximum absolute atomic E-state index is 10.4. The van der Waals surface area contributed by atoms with Crippen LogP contribution in [-0.2, 0) is 4.74 Å². The first-order valence-corrected chi connectivity index (χ1v) is 6.03. The number of allylic oxidation sites excluding steroid dienone is 1. The molecule has 0 spiro atoms. The van der Waals surface area contributed by atoms with Crippen molar-refractivity contribution in [2.75, 3.05) is 7.11 Å². The maximum atomic E-state index is 10.4. The molecule has 0 aliphatic heterocycles. The molecule has 1 rings (SSSR count). The second-order valence-electron chi connectivity index (χ2n) is 4.71. The van der Waals surface area contributed by atoms with E-state index in [0.29, 0.717) is 0 Å². The first-order valence-electron chi connectivity index (χ1n) is 6.03. The van der Waals surface area contributed by atoms with Crippen molar-refractivity contribution in [2.45, 2.75) is 64.1 Å². The van der Waals surface area contributed by atoms with Crippen LogP contribution in [0, 0.1) is 0 Å². The van der Waals surface area contributed by atoms with E-state index >= 15 is 0 Å². The molecule has 1 N–H and O–H groups in total. The molecule has 2 heteroatoms. The predicted octanol–water partition coefficient (Wildman–Crippen LogP) is 3.05. The Labute approximate surface area is 93.3 Å². The minimum Gasteiger partial charge on any atom is -0.383 e. The molecule has 0 aromatic heterocycles. The molecule has 15 heavy (non-hydrogen) atoms. The Kier molecular flexibility index (Phi) is 4.81. The molecule has 0 saturated heterocycles. The summed E-state index contributed by atoms with van der Waals surface area (Å²) >= 11 is 0. The van der Waals surface area contributed by atoms with Gasteiger partial charge in [-0.1, -0.05) is 18.9 Å². The minimum absolute atomic E-state index is 0.136. The quantitative estimate of drug-likeness (QED) is 0.729. The monoisotopic (exact) mass is 212 g/mol. The Balaban J connectivity index is 2.73. The summed E-state index contributed by atoms with van der Waals surface area (Å²) < 4.78 is 5.25. The number of rotatable bonds is 3. The van der Waals surface area contributed by atoms with E-state index in [4.69, 9.17) is 4.74 Å². The van der Waals surface area contributed by atoms with E-state index in [2.05, 4.69) is 6.08 Å². The Hall–Kier alpha value is -0.340. The zero-order chi connectivity index (χ0) is 11.3. The van der Waals surface area contributed by atoms with Gasteiger partial charge in [0.2, 0.25) is 0 Å². The maximum Gasteiger partial charge on any atom is 0.109 e. The number of hydrogen-bond acceptors (Lipinski definition) is 2. The number of aliphatic hydroxyl groups is 1. The van der Waals surface area contributed by atoms with Crippen LogP contribution in [0.25, 0.3) is 0 Å². The second kappa shape index (κ2) is 5.66. The van der Waals surface area contributed by atoms with Crippen molar-refractivity contribution >= 4 is 0 Å². The van der Waals surface area contributed by atoms with Crippen molar-refractivity contribution in [1.82, 2.24) is 0 Å². The molecule has 2 unspecified atom stereocenters. The number of methoxy groups -OCH3 is 1. The molecular weight excluding hydrogens is 188 g/mol. The summed E-state index contributed by atoms with van der Waals surface area (Å²) in [6.45, 7) is 3.80. The third-order valence-corrected chi connectivity index (χ3v) is 3.59. The zero-order valence-corrected chi connectivity index (χ0v) is 10.3. The van der Waals surface area contributed by atoms with E-state index < -0.39 is 5.60 Å². The van der Waals surface area contributed by atoms with Crippen molar-refractivity contribution in [1.29, 1.82) is 0 Å². The molecule has 0 heterocycles. The van der Waals surface area contributed by atoms with Crippen LogP contribution in [0.15, 0.2) is 11.6 Å². The van der Waals surface area contributed by atoms with Gasteiger partial charge in [-0.2, -0.15) is 0 Å². The fourth-order valence-corrected chi connectivity index (χ4v) is 2.14. The van der Waals surface area contributed by atoms with Gasteiger partial charge in [0, 0.05) is 7.11 Å². The first kappa shape index (κ1) is 12.7. The average Bonchev–Trinajstić information content (AvgIpc) is 2.15. The van der Waals surface area contributed by atoms with Gasteiger partial charge in [0.05, 0.1) is 6.10 Å². The summed E-state index contributed by atoms with van der Waals surface area (Å²) in [7, 11) is 1.66. The average molecular weight is 212 g/mol. The topological polar surface area (TPSA) is 29.5 Å². The summed E-state index contributed by atoms with van der Waals surface area (Å²) in [4.78, 5) is 0. The van der Waals surface area contributed by atoms with Crippen molar-refractivity contribution in [3.63, 3.8) is 0 Å². The zero-order valence-electron chi connectivity index (χ0n) is 10.3. The third-order valence-electron chi connectivity index (χ3n) is 3.59. The van der Waals surface area contributed by atoms with Crippen molar-refractivity contribution < 1.29 is 9.84 Å². The fourth-order valence-electron chi connectivity index (χ4n) is 2.14. The summed E-state index contributed by atoms with van der Waals surface area (Å²) in [5.74, 6) is 0. The number of hydrogen-bond donors (Lipinski definition) is 1. The van der Waals surface area contributed by atoms with Crippen molar-refractivity contribution in [3.05, 3.63) is 11.6 Å². The van der Waals surface area contributed by atoms with Crippen LogP contribution >= 0.6 is 0 Å². The summed E-state index contributed by atoms with van der Waals surface area (Å²) in [5, 5.41) is 10.4. The van der Waals surface area contributed by atoms with Gasteiger partial charge in [-0.15, -0.1) is 0 Å². The highest BCUT2D eigenvalue weighted by Crippen LogP contribution is 2.29. The molecule has 0 radical (unpaired) electrons. The molecule has 0 aromatic carbocycles. The van der Waals surface area contributed by atoms with Crippen molar-refractivity contribution in [2.24, 2.45) is 0 Å². The molecule has 1 aliphatic rings. The van der Waals surface area contributed by atoms with Gasteiger partial charge < -0.3 is 9.84 Å². The Morgan fingerprint density at radius 3 is 2.67 bits per heavy atom. The summed E-state index contributed by atoms with van der Waals surface area (Å²) in [6.07, 6.45) is 9.25. The molecular formula is C13H24O2. The normalized spacial score (nSPS) is 24.7. The standard InChI is InChI=1S/C13H24O2/c1-11(15-3)13(2,14)12-9-7-5-4-6-8-10-12/h9,11,14H,4-8,10H2,1-3H3. The molecule has 2 atom stereocenters. The van der Waals surface area contributed by atoms with Gasteiger partial charge in [0.15, 0.2) is 0 Å². The van der Waals surface area contributed by atoms with Crippen LogP contribution in [0.4, 0.5) is 0 Å². The first-order chi connectivity index (χ1) is 7.09. The molecule has 88 valence electrons. The third kappa shape index (κ3) is 3.32. The highest BCUT2D eigenvalue weighted by Gasteiger charge is 2.32. The fraction of sp³-hybridized carbons (Fsp3) is 0.846. The lowest BCUT2D eigenvalue weighted by atomic mass is 9.85. The molecule has 0 amide bonds. The van der Waals surface area contributed by atoms with Gasteiger partial charge in [-0.3, -0.25) is 0 Å². The molecule has 0 bridgehead atoms. The smallest absolute Gasteiger partial charge is 0.109 e. The van der Waals surface area contributed by atoms with E-state index in [1.807, 2.05) is 13.8 Å². The molecule has 0 fully saturated rings. The van der Waals surface area contributed by atoms with E-state index in [1.165, 1.54) is 25.7 Å². The molecule has 0 saturated carbocycles. The van der Waals surface area contributed by atoms with Gasteiger partial charge in [0.25, 0.3) is 0 Å². The van der Waals surface area contributed by atoms with E-state index in [9.17, 15) is 5.11 Å². The van der Waals surface area contributed by atoms with Crippen LogP contribution in [0.3, 0.4) is 0 Å². The van der Waals surface area contributed by atoms with Crippen LogP contribution < -0.4 is 0 Å². The lowest BCUT2D eigenvalue weighted by molar-refractivity contribution is -0.0499. The highest BCUT2D eigenvalue weighted by molar-refractivity contribution is 5.18. The molecule has 2 nitrogen and oxygen atoms in total. The largest absolute Gasteiger partial charge is 0.383 e. The summed E-state index contributed by atoms with van der Waals surface area (Å²) in [5.41, 5.74) is 0.364. The molecule has 0 aromatic rings. The van der Waals surface area contributed by atoms with Crippen LogP contribution in [-0.4, -0.2) is 23.9 Å². The Bertz CT molecular complexity index is 219. The number of ether oxygens (including phenoxy) is 1.